The Morgan fingerprint density at radius 3 is 2.75 bits per heavy atom. The fourth-order valence-corrected chi connectivity index (χ4v) is 5.14. The van der Waals surface area contributed by atoms with E-state index in [-0.39, 0.29) is 0 Å². The summed E-state index contributed by atoms with van der Waals surface area (Å²) in [6.07, 6.45) is 4.43. The summed E-state index contributed by atoms with van der Waals surface area (Å²) in [6, 6.07) is 0. The highest BCUT2D eigenvalue weighted by molar-refractivity contribution is 5.85. The van der Waals surface area contributed by atoms with Crippen LogP contribution in [0.4, 0.5) is 0 Å². The summed E-state index contributed by atoms with van der Waals surface area (Å²) in [5, 5.41) is 0. The van der Waals surface area contributed by atoms with E-state index in [1.165, 1.54) is 18.4 Å². The Morgan fingerprint density at radius 1 is 1.38 bits per heavy atom. The molecule has 1 nitrogen and oxygen atoms in total. The lowest BCUT2D eigenvalue weighted by Crippen LogP contribution is -2.31. The van der Waals surface area contributed by atoms with Crippen LogP contribution in [0.1, 0.15) is 46.5 Å². The van der Waals surface area contributed by atoms with Crippen molar-refractivity contribution in [3.8, 4) is 0 Å². The van der Waals surface area contributed by atoms with Gasteiger partial charge in [-0.15, -0.1) is 0 Å². The number of carbonyl (C=O) groups is 1. The largest absolute Gasteiger partial charge is 0.299 e. The molecule has 0 unspecified atom stereocenters. The van der Waals surface area contributed by atoms with Gasteiger partial charge in [-0.3, -0.25) is 4.79 Å². The van der Waals surface area contributed by atoms with Crippen LogP contribution in [0.25, 0.3) is 0 Å². The second kappa shape index (κ2) is 2.80. The minimum Gasteiger partial charge on any atom is -0.299 e. The highest BCUT2D eigenvalue weighted by atomic mass is 16.1. The first-order valence-electron chi connectivity index (χ1n) is 6.60. The van der Waals surface area contributed by atoms with Crippen molar-refractivity contribution in [1.29, 1.82) is 0 Å². The number of Topliss-reactive ketones (excluding diaryl/α,β-unsaturated/α-hetero) is 1. The van der Waals surface area contributed by atoms with Crippen LogP contribution in [0.3, 0.4) is 0 Å². The third kappa shape index (κ3) is 0.959. The van der Waals surface area contributed by atoms with Gasteiger partial charge in [-0.05, 0) is 41.9 Å². The van der Waals surface area contributed by atoms with E-state index in [0.29, 0.717) is 34.4 Å². The quantitative estimate of drug-likeness (QED) is 0.568. The van der Waals surface area contributed by atoms with Gasteiger partial charge in [0.15, 0.2) is 0 Å². The van der Waals surface area contributed by atoms with Crippen molar-refractivity contribution in [2.24, 2.45) is 28.6 Å². The molecular weight excluding hydrogens is 196 g/mol. The molecule has 2 bridgehead atoms. The normalized spacial score (nSPS) is 49.6. The standard InChI is InChI=1S/C15H22O/c1-9-5-6-15-8-11(9)14(3,4)13(15)7-12(16)10(15)2/h10-11,13H,1,5-8H2,2-4H3/t10-,11-,13-,15-/m0/s1. The molecule has 0 aliphatic heterocycles. The summed E-state index contributed by atoms with van der Waals surface area (Å²) >= 11 is 0. The van der Waals surface area contributed by atoms with Gasteiger partial charge in [0.1, 0.15) is 5.78 Å². The van der Waals surface area contributed by atoms with Crippen molar-refractivity contribution in [2.45, 2.75) is 46.5 Å². The predicted octanol–water partition coefficient (Wildman–Crippen LogP) is 3.59. The first-order chi connectivity index (χ1) is 7.39. The Bertz CT molecular complexity index is 379. The van der Waals surface area contributed by atoms with E-state index in [2.05, 4.69) is 27.4 Å². The smallest absolute Gasteiger partial charge is 0.136 e. The van der Waals surface area contributed by atoms with E-state index < -0.39 is 0 Å². The lowest BCUT2D eigenvalue weighted by Gasteiger charge is -2.37. The van der Waals surface area contributed by atoms with Crippen LogP contribution in [0, 0.1) is 28.6 Å². The first kappa shape index (κ1) is 10.6. The molecule has 0 N–H and O–H groups in total. The predicted molar refractivity (Wildman–Crippen MR) is 65.0 cm³/mol. The van der Waals surface area contributed by atoms with Crippen molar-refractivity contribution in [1.82, 2.24) is 0 Å². The average Bonchev–Trinajstić information content (AvgIpc) is 2.57. The summed E-state index contributed by atoms with van der Waals surface area (Å²) in [5.41, 5.74) is 2.09. The van der Waals surface area contributed by atoms with E-state index in [1.807, 2.05) is 0 Å². The number of hydrogen-bond acceptors (Lipinski definition) is 1. The lowest BCUT2D eigenvalue weighted by atomic mass is 9.67. The van der Waals surface area contributed by atoms with Crippen molar-refractivity contribution in [3.05, 3.63) is 12.2 Å². The van der Waals surface area contributed by atoms with Gasteiger partial charge in [-0.25, -0.2) is 0 Å². The highest BCUT2D eigenvalue weighted by Crippen LogP contribution is 2.71. The molecule has 3 fully saturated rings. The van der Waals surface area contributed by atoms with Crippen LogP contribution < -0.4 is 0 Å². The Kier molecular flexibility index (Phi) is 1.85. The zero-order valence-electron chi connectivity index (χ0n) is 10.7. The van der Waals surface area contributed by atoms with Gasteiger partial charge in [0.2, 0.25) is 0 Å². The molecule has 0 aromatic rings. The van der Waals surface area contributed by atoms with Crippen molar-refractivity contribution < 1.29 is 4.79 Å². The molecule has 0 amide bonds. The molecule has 0 aromatic carbocycles. The summed E-state index contributed by atoms with van der Waals surface area (Å²) < 4.78 is 0. The lowest BCUT2D eigenvalue weighted by molar-refractivity contribution is -0.122. The molecule has 0 aromatic heterocycles. The molecule has 4 atom stereocenters. The van der Waals surface area contributed by atoms with E-state index in [4.69, 9.17) is 0 Å². The number of rotatable bonds is 0. The van der Waals surface area contributed by atoms with Crippen LogP contribution in [0.5, 0.6) is 0 Å². The number of fused-ring (bicyclic) bond motifs is 1. The van der Waals surface area contributed by atoms with Crippen LogP contribution in [0.2, 0.25) is 0 Å². The Hall–Kier alpha value is -0.590. The molecule has 1 heteroatoms. The third-order valence-corrected chi connectivity index (χ3v) is 6.23. The molecule has 3 rings (SSSR count). The summed E-state index contributed by atoms with van der Waals surface area (Å²) in [7, 11) is 0. The van der Waals surface area contributed by atoms with Crippen LogP contribution >= 0.6 is 0 Å². The first-order valence-corrected chi connectivity index (χ1v) is 6.60. The van der Waals surface area contributed by atoms with Crippen molar-refractivity contribution >= 4 is 5.78 Å². The van der Waals surface area contributed by atoms with Gasteiger partial charge < -0.3 is 0 Å². The monoisotopic (exact) mass is 218 g/mol. The number of ketones is 1. The van der Waals surface area contributed by atoms with E-state index in [1.54, 1.807) is 0 Å². The van der Waals surface area contributed by atoms with Crippen molar-refractivity contribution in [3.63, 3.8) is 0 Å². The SMILES string of the molecule is C=C1CC[C@@]23C[C@@H]1C(C)(C)[C@@H]2CC(=O)[C@@H]3C. The molecule has 3 aliphatic rings. The zero-order valence-corrected chi connectivity index (χ0v) is 10.7. The van der Waals surface area contributed by atoms with Crippen molar-refractivity contribution in [2.75, 3.05) is 0 Å². The molecular formula is C15H22O. The molecule has 16 heavy (non-hydrogen) atoms. The van der Waals surface area contributed by atoms with E-state index in [9.17, 15) is 4.79 Å². The molecule has 3 saturated carbocycles. The second-order valence-electron chi connectivity index (χ2n) is 6.91. The van der Waals surface area contributed by atoms with Gasteiger partial charge in [0.25, 0.3) is 0 Å². The molecule has 1 spiro atoms. The topological polar surface area (TPSA) is 17.1 Å². The van der Waals surface area contributed by atoms with Crippen LogP contribution in [-0.2, 0) is 4.79 Å². The van der Waals surface area contributed by atoms with Crippen LogP contribution in [0.15, 0.2) is 12.2 Å². The zero-order chi connectivity index (χ0) is 11.7. The third-order valence-electron chi connectivity index (χ3n) is 6.23. The molecule has 0 heterocycles. The molecule has 0 saturated heterocycles. The minimum atomic E-state index is 0.300. The number of hydrogen-bond donors (Lipinski definition) is 0. The van der Waals surface area contributed by atoms with Crippen LogP contribution in [-0.4, -0.2) is 5.78 Å². The highest BCUT2D eigenvalue weighted by Gasteiger charge is 2.66. The van der Waals surface area contributed by atoms with Gasteiger partial charge in [0.05, 0.1) is 0 Å². The molecule has 0 radical (unpaired) electrons. The van der Waals surface area contributed by atoms with E-state index in [0.717, 1.165) is 12.8 Å². The average molecular weight is 218 g/mol. The maximum absolute atomic E-state index is 12.0. The maximum atomic E-state index is 12.0. The Morgan fingerprint density at radius 2 is 2.06 bits per heavy atom. The fourth-order valence-electron chi connectivity index (χ4n) is 5.14. The van der Waals surface area contributed by atoms with Gasteiger partial charge in [-0.1, -0.05) is 32.9 Å². The fraction of sp³-hybridized carbons (Fsp3) is 0.800. The summed E-state index contributed by atoms with van der Waals surface area (Å²) in [4.78, 5) is 12.0. The Balaban J connectivity index is 2.11. The summed E-state index contributed by atoms with van der Waals surface area (Å²) in [5.74, 6) is 2.10. The molecule has 3 aliphatic carbocycles. The maximum Gasteiger partial charge on any atom is 0.136 e. The molecule has 88 valence electrons. The number of carbonyl (C=O) groups excluding carboxylic acids is 1. The van der Waals surface area contributed by atoms with Gasteiger partial charge in [0, 0.05) is 12.3 Å². The van der Waals surface area contributed by atoms with E-state index >= 15 is 0 Å². The second-order valence-corrected chi connectivity index (χ2v) is 6.91. The Labute approximate surface area is 98.3 Å². The van der Waals surface area contributed by atoms with Gasteiger partial charge >= 0.3 is 0 Å². The minimum absolute atomic E-state index is 0.300. The number of allylic oxidation sites excluding steroid dienone is 1. The van der Waals surface area contributed by atoms with Gasteiger partial charge in [-0.2, -0.15) is 0 Å². The summed E-state index contributed by atoms with van der Waals surface area (Å²) in [6.45, 7) is 11.2.